The maximum Gasteiger partial charge on any atom is 0.212 e. The van der Waals surface area contributed by atoms with Crippen LogP contribution in [-0.2, 0) is 7.05 Å². The predicted molar refractivity (Wildman–Crippen MR) is 93.5 cm³/mol. The number of fused-ring (bicyclic) bond motifs is 3. The number of benzene rings is 1. The van der Waals surface area contributed by atoms with E-state index in [4.69, 9.17) is 4.98 Å². The number of rotatable bonds is 1. The monoisotopic (exact) mass is 302 g/mol. The Hall–Kier alpha value is -2.68. The Morgan fingerprint density at radius 2 is 1.83 bits per heavy atom. The Labute approximate surface area is 135 Å². The number of hydrogen-bond acceptors (Lipinski definition) is 1. The molecule has 3 aromatic heterocycles. The Kier molecular flexibility index (Phi) is 2.98. The van der Waals surface area contributed by atoms with E-state index in [9.17, 15) is 0 Å². The van der Waals surface area contributed by atoms with Crippen molar-refractivity contribution in [2.45, 2.75) is 20.8 Å². The van der Waals surface area contributed by atoms with E-state index in [1.165, 1.54) is 27.9 Å². The van der Waals surface area contributed by atoms with Gasteiger partial charge >= 0.3 is 0 Å². The fourth-order valence-corrected chi connectivity index (χ4v) is 3.29. The van der Waals surface area contributed by atoms with Crippen molar-refractivity contribution in [2.24, 2.45) is 7.05 Å². The molecule has 0 amide bonds. The third-order valence-corrected chi connectivity index (χ3v) is 4.75. The zero-order valence-electron chi connectivity index (χ0n) is 14.0. The highest BCUT2D eigenvalue weighted by Gasteiger charge is 2.17. The molecule has 0 radical (unpaired) electrons. The molecular formula is C20H20N3+. The first kappa shape index (κ1) is 13.9. The number of nitrogens with zero attached hydrogens (tertiary/aromatic N) is 3. The molecule has 0 N–H and O–H groups in total. The molecule has 0 fully saturated rings. The first-order valence-corrected chi connectivity index (χ1v) is 7.90. The molecule has 0 aliphatic rings. The van der Waals surface area contributed by atoms with Crippen LogP contribution >= 0.6 is 0 Å². The maximum absolute atomic E-state index is 4.82. The summed E-state index contributed by atoms with van der Waals surface area (Å²) in [6.45, 7) is 6.48. The molecule has 0 bridgehead atoms. The fourth-order valence-electron chi connectivity index (χ4n) is 3.29. The lowest BCUT2D eigenvalue weighted by Gasteiger charge is -2.07. The van der Waals surface area contributed by atoms with E-state index in [0.29, 0.717) is 0 Å². The maximum atomic E-state index is 4.82. The number of aromatic nitrogens is 3. The third-order valence-electron chi connectivity index (χ3n) is 4.75. The average molecular weight is 302 g/mol. The summed E-state index contributed by atoms with van der Waals surface area (Å²) in [5.74, 6) is 0. The Bertz CT molecular complexity index is 1060. The van der Waals surface area contributed by atoms with Crippen molar-refractivity contribution in [3.05, 3.63) is 65.5 Å². The van der Waals surface area contributed by atoms with Crippen LogP contribution in [-0.4, -0.2) is 9.38 Å². The highest BCUT2D eigenvalue weighted by molar-refractivity contribution is 5.88. The second kappa shape index (κ2) is 4.92. The van der Waals surface area contributed by atoms with Gasteiger partial charge in [0, 0.05) is 17.8 Å². The van der Waals surface area contributed by atoms with Gasteiger partial charge in [0.25, 0.3) is 0 Å². The van der Waals surface area contributed by atoms with Crippen molar-refractivity contribution in [2.75, 3.05) is 0 Å². The van der Waals surface area contributed by atoms with Crippen molar-refractivity contribution in [3.8, 4) is 11.3 Å². The van der Waals surface area contributed by atoms with Gasteiger partial charge < -0.3 is 0 Å². The molecule has 0 aliphatic carbocycles. The Morgan fingerprint density at radius 3 is 2.65 bits per heavy atom. The smallest absolute Gasteiger partial charge is 0.212 e. The number of aryl methyl sites for hydroxylation is 4. The number of imidazole rings is 1. The van der Waals surface area contributed by atoms with Crippen molar-refractivity contribution < 1.29 is 4.57 Å². The van der Waals surface area contributed by atoms with Gasteiger partial charge in [-0.05, 0) is 56.2 Å². The summed E-state index contributed by atoms with van der Waals surface area (Å²) in [6, 6.07) is 12.8. The second-order valence-electron chi connectivity index (χ2n) is 6.28. The summed E-state index contributed by atoms with van der Waals surface area (Å²) in [5.41, 5.74) is 9.55. The van der Waals surface area contributed by atoms with Gasteiger partial charge in [-0.3, -0.25) is 4.40 Å². The summed E-state index contributed by atoms with van der Waals surface area (Å²) in [4.78, 5) is 4.82. The average Bonchev–Trinajstić information content (AvgIpc) is 2.92. The van der Waals surface area contributed by atoms with Crippen LogP contribution in [0, 0.1) is 20.8 Å². The topological polar surface area (TPSA) is 21.2 Å². The summed E-state index contributed by atoms with van der Waals surface area (Å²) in [5, 5.41) is 0. The molecule has 4 aromatic rings. The summed E-state index contributed by atoms with van der Waals surface area (Å²) in [6.07, 6.45) is 4.26. The van der Waals surface area contributed by atoms with Crippen LogP contribution < -0.4 is 4.57 Å². The van der Waals surface area contributed by atoms with Crippen LogP contribution in [0.4, 0.5) is 0 Å². The molecule has 0 unspecified atom stereocenters. The van der Waals surface area contributed by atoms with E-state index < -0.39 is 0 Å². The van der Waals surface area contributed by atoms with Gasteiger partial charge in [-0.15, -0.1) is 0 Å². The van der Waals surface area contributed by atoms with E-state index in [2.05, 4.69) is 73.4 Å². The molecule has 0 saturated carbocycles. The third kappa shape index (κ3) is 2.04. The van der Waals surface area contributed by atoms with Crippen molar-refractivity contribution in [1.82, 2.24) is 9.38 Å². The number of hydrogen-bond donors (Lipinski definition) is 0. The molecule has 23 heavy (non-hydrogen) atoms. The molecule has 0 aliphatic heterocycles. The molecule has 0 saturated heterocycles. The zero-order valence-corrected chi connectivity index (χ0v) is 14.0. The van der Waals surface area contributed by atoms with Crippen LogP contribution in [0.1, 0.15) is 16.7 Å². The van der Waals surface area contributed by atoms with Gasteiger partial charge in [-0.25, -0.2) is 9.55 Å². The molecule has 3 nitrogen and oxygen atoms in total. The van der Waals surface area contributed by atoms with Crippen molar-refractivity contribution in [3.63, 3.8) is 0 Å². The van der Waals surface area contributed by atoms with E-state index >= 15 is 0 Å². The van der Waals surface area contributed by atoms with Gasteiger partial charge in [-0.1, -0.05) is 6.07 Å². The van der Waals surface area contributed by atoms with Crippen LogP contribution in [0.15, 0.2) is 48.8 Å². The van der Waals surface area contributed by atoms with Gasteiger partial charge in [0.05, 0.1) is 16.6 Å². The quantitative estimate of drug-likeness (QED) is 0.489. The molecule has 114 valence electrons. The van der Waals surface area contributed by atoms with E-state index in [-0.39, 0.29) is 0 Å². The lowest BCUT2D eigenvalue weighted by Crippen LogP contribution is -2.31. The van der Waals surface area contributed by atoms with Gasteiger partial charge in [0.1, 0.15) is 12.7 Å². The molecule has 3 heteroatoms. The molecule has 3 heterocycles. The van der Waals surface area contributed by atoms with E-state index in [1.54, 1.807) is 0 Å². The van der Waals surface area contributed by atoms with Crippen LogP contribution in [0.2, 0.25) is 0 Å². The van der Waals surface area contributed by atoms with Gasteiger partial charge in [0.2, 0.25) is 5.69 Å². The van der Waals surface area contributed by atoms with E-state index in [0.717, 1.165) is 16.7 Å². The van der Waals surface area contributed by atoms with Crippen LogP contribution in [0.25, 0.3) is 27.9 Å². The summed E-state index contributed by atoms with van der Waals surface area (Å²) >= 11 is 0. The van der Waals surface area contributed by atoms with Crippen LogP contribution in [0.3, 0.4) is 0 Å². The minimum Gasteiger partial charge on any atom is -0.300 e. The van der Waals surface area contributed by atoms with Gasteiger partial charge in [0.15, 0.2) is 6.20 Å². The molecular weight excluding hydrogens is 282 g/mol. The molecule has 4 rings (SSSR count). The predicted octanol–water partition coefficient (Wildman–Crippen LogP) is 3.90. The highest BCUT2D eigenvalue weighted by atomic mass is 15.0. The minimum atomic E-state index is 0.993. The summed E-state index contributed by atoms with van der Waals surface area (Å²) < 4.78 is 4.35. The standard InChI is InChI=1S/C20H20N3/c1-13-11-18(22(4)12-14(13)2)16-8-9-17-20(15(16)3)21-19-7-5-6-10-23(17)19/h5-12H,1-4H3/q+1. The highest BCUT2D eigenvalue weighted by Crippen LogP contribution is 2.29. The second-order valence-corrected chi connectivity index (χ2v) is 6.28. The number of pyridine rings is 2. The van der Waals surface area contributed by atoms with Crippen molar-refractivity contribution >= 4 is 16.7 Å². The summed E-state index contributed by atoms with van der Waals surface area (Å²) in [7, 11) is 2.11. The SMILES string of the molecule is Cc1cc(-c2ccc3c(nc4ccccn43)c2C)[n+](C)cc1C. The lowest BCUT2D eigenvalue weighted by molar-refractivity contribution is -0.660. The minimum absolute atomic E-state index is 0.993. The first-order valence-electron chi connectivity index (χ1n) is 7.90. The largest absolute Gasteiger partial charge is 0.300 e. The lowest BCUT2D eigenvalue weighted by atomic mass is 10.0. The molecule has 1 aromatic carbocycles. The van der Waals surface area contributed by atoms with Gasteiger partial charge in [-0.2, -0.15) is 0 Å². The zero-order chi connectivity index (χ0) is 16.1. The Morgan fingerprint density at radius 1 is 1.00 bits per heavy atom. The fraction of sp³-hybridized carbons (Fsp3) is 0.200. The van der Waals surface area contributed by atoms with Crippen molar-refractivity contribution in [1.29, 1.82) is 0 Å². The molecule has 0 spiro atoms. The van der Waals surface area contributed by atoms with E-state index in [1.807, 2.05) is 12.1 Å². The Balaban J connectivity index is 2.04. The van der Waals surface area contributed by atoms with Crippen LogP contribution in [0.5, 0.6) is 0 Å². The normalized spacial score (nSPS) is 11.5. The first-order chi connectivity index (χ1) is 11.1. The molecule has 0 atom stereocenters.